The van der Waals surface area contributed by atoms with Crippen molar-refractivity contribution in [3.63, 3.8) is 0 Å². The lowest BCUT2D eigenvalue weighted by molar-refractivity contribution is 0.614. The lowest BCUT2D eigenvalue weighted by Gasteiger charge is -2.25. The number of benzene rings is 1. The van der Waals surface area contributed by atoms with Crippen LogP contribution in [0.1, 0.15) is 23.9 Å². The molecule has 3 nitrogen and oxygen atoms in total. The molecule has 2 rings (SSSR count). The molecule has 1 heterocycles. The molecule has 0 aliphatic heterocycles. The summed E-state index contributed by atoms with van der Waals surface area (Å²) in [5.41, 5.74) is 9.02. The van der Waals surface area contributed by atoms with E-state index in [1.807, 2.05) is 43.0 Å². The average Bonchev–Trinajstić information content (AvgIpc) is 2.45. The van der Waals surface area contributed by atoms with E-state index in [0.717, 1.165) is 17.0 Å². The number of hydrogen-bond donors (Lipinski definition) is 1. The van der Waals surface area contributed by atoms with E-state index in [1.165, 1.54) is 6.07 Å². The minimum absolute atomic E-state index is 0.234. The Morgan fingerprint density at radius 3 is 2.60 bits per heavy atom. The second-order valence-corrected chi connectivity index (χ2v) is 4.74. The largest absolute Gasteiger partial charge is 0.363 e. The fourth-order valence-electron chi connectivity index (χ4n) is 2.31. The maximum absolute atomic E-state index is 14.1. The van der Waals surface area contributed by atoms with Crippen LogP contribution >= 0.6 is 0 Å². The number of pyridine rings is 1. The Balaban J connectivity index is 2.33. The number of hydrogen-bond acceptors (Lipinski definition) is 3. The Hall–Kier alpha value is -1.94. The minimum Gasteiger partial charge on any atom is -0.363 e. The number of aromatic nitrogens is 1. The first-order valence-electron chi connectivity index (χ1n) is 6.80. The summed E-state index contributed by atoms with van der Waals surface area (Å²) in [5, 5.41) is 0. The van der Waals surface area contributed by atoms with Crippen molar-refractivity contribution >= 4 is 5.69 Å². The molecule has 1 aromatic heterocycles. The highest BCUT2D eigenvalue weighted by atomic mass is 19.1. The van der Waals surface area contributed by atoms with Gasteiger partial charge >= 0.3 is 0 Å². The van der Waals surface area contributed by atoms with Crippen LogP contribution in [-0.2, 0) is 13.1 Å². The summed E-state index contributed by atoms with van der Waals surface area (Å²) >= 11 is 0. The first-order chi connectivity index (χ1) is 9.65. The van der Waals surface area contributed by atoms with Gasteiger partial charge in [0.15, 0.2) is 0 Å². The number of anilines is 1. The minimum atomic E-state index is -0.234. The molecule has 4 heteroatoms. The van der Waals surface area contributed by atoms with Gasteiger partial charge in [-0.1, -0.05) is 18.2 Å². The molecule has 2 N–H and O–H groups in total. The van der Waals surface area contributed by atoms with Crippen LogP contribution in [0, 0.1) is 12.7 Å². The molecule has 0 aliphatic carbocycles. The standard InChI is InChI=1S/C16H20FN3/c1-3-20(11-14-8-4-6-12(2)19-14)16-13(10-18)7-5-9-15(16)17/h4-9H,3,10-11,18H2,1-2H3. The molecule has 0 bridgehead atoms. The van der Waals surface area contributed by atoms with Gasteiger partial charge in [-0.05, 0) is 37.6 Å². The van der Waals surface area contributed by atoms with Gasteiger partial charge in [0.05, 0.1) is 17.9 Å². The van der Waals surface area contributed by atoms with E-state index in [-0.39, 0.29) is 5.82 Å². The normalized spacial score (nSPS) is 10.6. The Kier molecular flexibility index (Phi) is 4.69. The van der Waals surface area contributed by atoms with E-state index in [1.54, 1.807) is 6.07 Å². The third-order valence-corrected chi connectivity index (χ3v) is 3.29. The molecular formula is C16H20FN3. The van der Waals surface area contributed by atoms with Crippen molar-refractivity contribution in [2.75, 3.05) is 11.4 Å². The third kappa shape index (κ3) is 3.14. The van der Waals surface area contributed by atoms with Gasteiger partial charge in [0.2, 0.25) is 0 Å². The van der Waals surface area contributed by atoms with Gasteiger partial charge in [0.1, 0.15) is 5.82 Å². The van der Waals surface area contributed by atoms with Crippen molar-refractivity contribution in [3.05, 3.63) is 59.2 Å². The molecule has 0 spiro atoms. The fourth-order valence-corrected chi connectivity index (χ4v) is 2.31. The third-order valence-electron chi connectivity index (χ3n) is 3.29. The predicted molar refractivity (Wildman–Crippen MR) is 80.0 cm³/mol. The van der Waals surface area contributed by atoms with Crippen molar-refractivity contribution in [1.29, 1.82) is 0 Å². The van der Waals surface area contributed by atoms with Crippen molar-refractivity contribution in [2.45, 2.75) is 26.9 Å². The van der Waals surface area contributed by atoms with Gasteiger partial charge in [-0.15, -0.1) is 0 Å². The highest BCUT2D eigenvalue weighted by molar-refractivity contribution is 5.55. The Morgan fingerprint density at radius 2 is 1.95 bits per heavy atom. The smallest absolute Gasteiger partial charge is 0.146 e. The van der Waals surface area contributed by atoms with E-state index in [2.05, 4.69) is 4.98 Å². The maximum Gasteiger partial charge on any atom is 0.146 e. The van der Waals surface area contributed by atoms with Gasteiger partial charge in [0, 0.05) is 18.8 Å². The number of halogens is 1. The SMILES string of the molecule is CCN(Cc1cccc(C)n1)c1c(F)cccc1CN. The highest BCUT2D eigenvalue weighted by Gasteiger charge is 2.15. The Bertz CT molecular complexity index is 584. The summed E-state index contributed by atoms with van der Waals surface area (Å²) in [6.07, 6.45) is 0. The molecular weight excluding hydrogens is 253 g/mol. The molecule has 0 saturated carbocycles. The second-order valence-electron chi connectivity index (χ2n) is 4.74. The lowest BCUT2D eigenvalue weighted by Crippen LogP contribution is -2.25. The molecule has 106 valence electrons. The number of aryl methyl sites for hydroxylation is 1. The molecule has 0 atom stereocenters. The van der Waals surface area contributed by atoms with Crippen LogP contribution in [0.5, 0.6) is 0 Å². The monoisotopic (exact) mass is 273 g/mol. The van der Waals surface area contributed by atoms with E-state index in [0.29, 0.717) is 25.3 Å². The second kappa shape index (κ2) is 6.48. The zero-order chi connectivity index (χ0) is 14.5. The number of rotatable bonds is 5. The molecule has 0 radical (unpaired) electrons. The van der Waals surface area contributed by atoms with Crippen LogP contribution in [0.15, 0.2) is 36.4 Å². The summed E-state index contributed by atoms with van der Waals surface area (Å²) in [6, 6.07) is 10.9. The van der Waals surface area contributed by atoms with E-state index in [4.69, 9.17) is 5.73 Å². The summed E-state index contributed by atoms with van der Waals surface area (Å²) in [5.74, 6) is -0.234. The van der Waals surface area contributed by atoms with Gasteiger partial charge < -0.3 is 10.6 Å². The van der Waals surface area contributed by atoms with E-state index >= 15 is 0 Å². The predicted octanol–water partition coefficient (Wildman–Crippen LogP) is 3.01. The maximum atomic E-state index is 14.1. The zero-order valence-corrected chi connectivity index (χ0v) is 11.9. The quantitative estimate of drug-likeness (QED) is 0.910. The van der Waals surface area contributed by atoms with Crippen LogP contribution in [0.4, 0.5) is 10.1 Å². The molecule has 0 saturated heterocycles. The average molecular weight is 273 g/mol. The molecule has 1 aromatic carbocycles. The zero-order valence-electron chi connectivity index (χ0n) is 11.9. The first-order valence-corrected chi connectivity index (χ1v) is 6.80. The Labute approximate surface area is 119 Å². The summed E-state index contributed by atoms with van der Waals surface area (Å²) in [4.78, 5) is 6.45. The van der Waals surface area contributed by atoms with Crippen LogP contribution in [-0.4, -0.2) is 11.5 Å². The van der Waals surface area contributed by atoms with Crippen LogP contribution in [0.25, 0.3) is 0 Å². The summed E-state index contributed by atoms with van der Waals surface area (Å²) in [6.45, 7) is 5.55. The van der Waals surface area contributed by atoms with Crippen LogP contribution in [0.2, 0.25) is 0 Å². The number of para-hydroxylation sites is 1. The number of nitrogens with zero attached hydrogens (tertiary/aromatic N) is 2. The van der Waals surface area contributed by atoms with E-state index in [9.17, 15) is 4.39 Å². The summed E-state index contributed by atoms with van der Waals surface area (Å²) < 4.78 is 14.1. The van der Waals surface area contributed by atoms with Gasteiger partial charge in [-0.2, -0.15) is 0 Å². The Morgan fingerprint density at radius 1 is 1.20 bits per heavy atom. The molecule has 0 unspecified atom stereocenters. The van der Waals surface area contributed by atoms with Gasteiger partial charge in [-0.25, -0.2) is 4.39 Å². The molecule has 0 amide bonds. The lowest BCUT2D eigenvalue weighted by atomic mass is 10.1. The van der Waals surface area contributed by atoms with Gasteiger partial charge in [0.25, 0.3) is 0 Å². The van der Waals surface area contributed by atoms with Crippen molar-refractivity contribution in [1.82, 2.24) is 4.98 Å². The number of nitrogens with two attached hydrogens (primary N) is 1. The van der Waals surface area contributed by atoms with Crippen molar-refractivity contribution in [3.8, 4) is 0 Å². The van der Waals surface area contributed by atoms with Crippen molar-refractivity contribution in [2.24, 2.45) is 5.73 Å². The molecule has 2 aromatic rings. The molecule has 0 aliphatic rings. The topological polar surface area (TPSA) is 42.2 Å². The van der Waals surface area contributed by atoms with E-state index < -0.39 is 0 Å². The molecule has 20 heavy (non-hydrogen) atoms. The highest BCUT2D eigenvalue weighted by Crippen LogP contribution is 2.25. The van der Waals surface area contributed by atoms with Crippen LogP contribution in [0.3, 0.4) is 0 Å². The summed E-state index contributed by atoms with van der Waals surface area (Å²) in [7, 11) is 0. The van der Waals surface area contributed by atoms with Gasteiger partial charge in [-0.3, -0.25) is 4.98 Å². The van der Waals surface area contributed by atoms with Crippen molar-refractivity contribution < 1.29 is 4.39 Å². The van der Waals surface area contributed by atoms with Crippen LogP contribution < -0.4 is 10.6 Å². The first kappa shape index (κ1) is 14.5. The molecule has 0 fully saturated rings. The fraction of sp³-hybridized carbons (Fsp3) is 0.312.